The molecule has 0 spiro atoms. The zero-order valence-corrected chi connectivity index (χ0v) is 11.6. The van der Waals surface area contributed by atoms with Gasteiger partial charge in [-0.15, -0.1) is 0 Å². The van der Waals surface area contributed by atoms with Gasteiger partial charge in [0.15, 0.2) is 6.29 Å². The van der Waals surface area contributed by atoms with Gasteiger partial charge < -0.3 is 20.1 Å². The third-order valence-corrected chi connectivity index (χ3v) is 2.85. The molecule has 0 aromatic carbocycles. The first-order valence-electron chi connectivity index (χ1n) is 5.83. The first-order chi connectivity index (χ1) is 8.81. The smallest absolute Gasteiger partial charge is 0.328 e. The third kappa shape index (κ3) is 4.84. The number of nitrogens with one attached hydrogen (secondary N) is 1. The maximum Gasteiger partial charge on any atom is 0.328 e. The zero-order chi connectivity index (χ0) is 14.6. The molecule has 0 aliphatic carbocycles. The molecule has 0 bridgehead atoms. The van der Waals surface area contributed by atoms with Crippen LogP contribution in [0.5, 0.6) is 0 Å². The molecule has 8 heteroatoms. The van der Waals surface area contributed by atoms with Crippen molar-refractivity contribution in [2.45, 2.75) is 45.5 Å². The van der Waals surface area contributed by atoms with Gasteiger partial charge in [0.2, 0.25) is 0 Å². The van der Waals surface area contributed by atoms with E-state index in [0.717, 1.165) is 5.56 Å². The highest BCUT2D eigenvalue weighted by atomic mass is 32.1. The summed E-state index contributed by atoms with van der Waals surface area (Å²) in [5, 5.41) is 24.4. The van der Waals surface area contributed by atoms with Crippen LogP contribution in [-0.2, 0) is 4.74 Å². The van der Waals surface area contributed by atoms with E-state index in [1.165, 1.54) is 11.5 Å². The fourth-order valence-electron chi connectivity index (χ4n) is 1.61. The summed E-state index contributed by atoms with van der Waals surface area (Å²) in [6, 6.07) is 0. The molecule has 1 aromatic rings. The minimum Gasteiger partial charge on any atom is -0.368 e. The fraction of sp³-hybridized carbons (Fsp3) is 0.636. The van der Waals surface area contributed by atoms with Crippen molar-refractivity contribution in [2.24, 2.45) is 0 Å². The van der Waals surface area contributed by atoms with Crippen molar-refractivity contribution >= 4 is 12.2 Å². The monoisotopic (exact) mass is 290 g/mol. The number of aromatic nitrogens is 2. The van der Waals surface area contributed by atoms with Gasteiger partial charge in [0.1, 0.15) is 17.2 Å². The molecule has 108 valence electrons. The molecule has 4 N–H and O–H groups in total. The second-order valence-corrected chi connectivity index (χ2v) is 4.64. The fourth-order valence-corrected chi connectivity index (χ4v) is 1.75. The standard InChI is InChI=1S/C9H12N2O3S.C2H6O2/c1-5-4-11(9(13)10-8(5)15)6-2-3-7(12)14-6;1-2(3)4/h4,6-7,12H,2-3H2,1H3,(H,10,13,15);2-4H,1H3/t6?,7-;/m0./s1. The number of aryl methyl sites for hydroxylation is 1. The molecule has 0 radical (unpaired) electrons. The average molecular weight is 290 g/mol. The molecule has 2 heterocycles. The topological polar surface area (TPSA) is 108 Å². The maximum atomic E-state index is 11.6. The molecular weight excluding hydrogens is 272 g/mol. The number of aliphatic hydroxyl groups is 3. The SMILES string of the molecule is CC(O)O.Cc1cn(C2CC[C@@H](O)O2)c(=O)[nH]c1=S. The highest BCUT2D eigenvalue weighted by molar-refractivity contribution is 7.71. The minimum atomic E-state index is -1.17. The largest absolute Gasteiger partial charge is 0.368 e. The second-order valence-electron chi connectivity index (χ2n) is 4.23. The van der Waals surface area contributed by atoms with Crippen LogP contribution in [-0.4, -0.2) is 37.5 Å². The van der Waals surface area contributed by atoms with Crippen LogP contribution in [0.2, 0.25) is 0 Å². The van der Waals surface area contributed by atoms with Crippen LogP contribution in [0.15, 0.2) is 11.0 Å². The van der Waals surface area contributed by atoms with Gasteiger partial charge in [0.05, 0.1) is 0 Å². The van der Waals surface area contributed by atoms with Crippen LogP contribution in [0.25, 0.3) is 0 Å². The molecule has 1 aliphatic rings. The van der Waals surface area contributed by atoms with Crippen molar-refractivity contribution in [3.63, 3.8) is 0 Å². The Hall–Kier alpha value is -1.06. The number of rotatable bonds is 1. The van der Waals surface area contributed by atoms with Crippen molar-refractivity contribution in [3.05, 3.63) is 26.9 Å². The van der Waals surface area contributed by atoms with Crippen LogP contribution in [0.3, 0.4) is 0 Å². The summed E-state index contributed by atoms with van der Waals surface area (Å²) in [7, 11) is 0. The van der Waals surface area contributed by atoms with Crippen LogP contribution in [0, 0.1) is 11.6 Å². The molecule has 1 aliphatic heterocycles. The Morgan fingerprint density at radius 2 is 2.11 bits per heavy atom. The van der Waals surface area contributed by atoms with Gasteiger partial charge >= 0.3 is 5.69 Å². The lowest BCUT2D eigenvalue weighted by atomic mass is 10.3. The van der Waals surface area contributed by atoms with E-state index >= 15 is 0 Å². The second kappa shape index (κ2) is 6.92. The summed E-state index contributed by atoms with van der Waals surface area (Å²) in [6.45, 7) is 3.10. The quantitative estimate of drug-likeness (QED) is 0.433. The number of hydrogen-bond donors (Lipinski definition) is 4. The average Bonchev–Trinajstić information content (AvgIpc) is 2.69. The number of ether oxygens (including phenoxy) is 1. The highest BCUT2D eigenvalue weighted by Crippen LogP contribution is 2.25. The Bertz CT molecular complexity index is 522. The molecule has 2 atom stereocenters. The number of aromatic amines is 1. The Balaban J connectivity index is 0.000000399. The Kier molecular flexibility index (Phi) is 5.83. The first-order valence-corrected chi connectivity index (χ1v) is 6.24. The Morgan fingerprint density at radius 3 is 2.58 bits per heavy atom. The van der Waals surface area contributed by atoms with E-state index in [1.54, 1.807) is 6.20 Å². The normalized spacial score (nSPS) is 22.2. The lowest BCUT2D eigenvalue weighted by molar-refractivity contribution is -0.113. The van der Waals surface area contributed by atoms with E-state index in [4.69, 9.17) is 27.2 Å². The first kappa shape index (κ1) is 16.0. The highest BCUT2D eigenvalue weighted by Gasteiger charge is 2.25. The number of aliphatic hydroxyl groups excluding tert-OH is 2. The van der Waals surface area contributed by atoms with Crippen molar-refractivity contribution in [1.82, 2.24) is 9.55 Å². The van der Waals surface area contributed by atoms with Gasteiger partial charge in [-0.3, -0.25) is 9.55 Å². The lowest BCUT2D eigenvalue weighted by Gasteiger charge is -2.13. The molecule has 1 aromatic heterocycles. The van der Waals surface area contributed by atoms with Crippen LogP contribution >= 0.6 is 12.2 Å². The summed E-state index contributed by atoms with van der Waals surface area (Å²) in [5.41, 5.74) is 0.513. The lowest BCUT2D eigenvalue weighted by Crippen LogP contribution is -2.27. The summed E-state index contributed by atoms with van der Waals surface area (Å²) in [6.07, 6.45) is 0.504. The summed E-state index contributed by atoms with van der Waals surface area (Å²) in [5.74, 6) is 0. The third-order valence-electron chi connectivity index (χ3n) is 2.43. The molecule has 1 unspecified atom stereocenters. The Labute approximate surface area is 115 Å². The molecule has 1 saturated heterocycles. The van der Waals surface area contributed by atoms with Crippen LogP contribution < -0.4 is 5.69 Å². The van der Waals surface area contributed by atoms with E-state index in [0.29, 0.717) is 17.5 Å². The zero-order valence-electron chi connectivity index (χ0n) is 10.7. The molecule has 2 rings (SSSR count). The van der Waals surface area contributed by atoms with Gasteiger partial charge in [-0.05, 0) is 20.3 Å². The number of H-pyrrole nitrogens is 1. The predicted octanol–water partition coefficient (Wildman–Crippen LogP) is 0.159. The van der Waals surface area contributed by atoms with Gasteiger partial charge in [0.25, 0.3) is 0 Å². The number of hydrogen-bond acceptors (Lipinski definition) is 6. The molecule has 0 amide bonds. The van der Waals surface area contributed by atoms with Crippen molar-refractivity contribution in [2.75, 3.05) is 0 Å². The minimum absolute atomic E-state index is 0.301. The molecular formula is C11H18N2O5S. The van der Waals surface area contributed by atoms with Gasteiger partial charge in [-0.1, -0.05) is 12.2 Å². The van der Waals surface area contributed by atoms with E-state index in [1.807, 2.05) is 6.92 Å². The van der Waals surface area contributed by atoms with E-state index in [-0.39, 0.29) is 5.69 Å². The summed E-state index contributed by atoms with van der Waals surface area (Å²) in [4.78, 5) is 14.1. The predicted molar refractivity (Wildman–Crippen MR) is 69.9 cm³/mol. The van der Waals surface area contributed by atoms with Crippen LogP contribution in [0.4, 0.5) is 0 Å². The summed E-state index contributed by atoms with van der Waals surface area (Å²) < 4.78 is 7.06. The maximum absolute atomic E-state index is 11.6. The van der Waals surface area contributed by atoms with E-state index in [2.05, 4.69) is 4.98 Å². The van der Waals surface area contributed by atoms with Crippen molar-refractivity contribution in [1.29, 1.82) is 0 Å². The van der Waals surface area contributed by atoms with Gasteiger partial charge in [-0.25, -0.2) is 4.79 Å². The number of nitrogens with zero attached hydrogens (tertiary/aromatic N) is 1. The van der Waals surface area contributed by atoms with Crippen molar-refractivity contribution in [3.8, 4) is 0 Å². The molecule has 7 nitrogen and oxygen atoms in total. The van der Waals surface area contributed by atoms with Gasteiger partial charge in [0, 0.05) is 18.2 Å². The Morgan fingerprint density at radius 1 is 1.53 bits per heavy atom. The van der Waals surface area contributed by atoms with Crippen LogP contribution in [0.1, 0.15) is 31.6 Å². The van der Waals surface area contributed by atoms with Gasteiger partial charge in [-0.2, -0.15) is 0 Å². The summed E-state index contributed by atoms with van der Waals surface area (Å²) >= 11 is 4.94. The van der Waals surface area contributed by atoms with E-state index in [9.17, 15) is 9.90 Å². The van der Waals surface area contributed by atoms with E-state index < -0.39 is 18.8 Å². The van der Waals surface area contributed by atoms with Crippen molar-refractivity contribution < 1.29 is 20.1 Å². The molecule has 19 heavy (non-hydrogen) atoms. The molecule has 1 fully saturated rings. The molecule has 0 saturated carbocycles.